The highest BCUT2D eigenvalue weighted by atomic mass is 32.1. The maximum Gasteiger partial charge on any atom is 0.341 e. The van der Waals surface area contributed by atoms with Crippen molar-refractivity contribution in [1.29, 1.82) is 0 Å². The number of nitrogens with one attached hydrogen (secondary N) is 2. The SMILES string of the molecule is CCOC(=O)c1c(NC(=S)NC(=O)C=Cc2ccco2)sc2c1CCCC2. The molecule has 6 nitrogen and oxygen atoms in total. The highest BCUT2D eigenvalue weighted by Crippen LogP contribution is 2.38. The Bertz CT molecular complexity index is 869. The van der Waals surface area contributed by atoms with Crippen LogP contribution in [0.15, 0.2) is 28.9 Å². The minimum Gasteiger partial charge on any atom is -0.465 e. The first-order chi connectivity index (χ1) is 13.1. The van der Waals surface area contributed by atoms with E-state index in [4.69, 9.17) is 21.4 Å². The Morgan fingerprint density at radius 3 is 2.93 bits per heavy atom. The Hall–Kier alpha value is -2.45. The van der Waals surface area contributed by atoms with Crippen LogP contribution in [0.25, 0.3) is 6.08 Å². The molecule has 27 heavy (non-hydrogen) atoms. The fourth-order valence-electron chi connectivity index (χ4n) is 2.90. The van der Waals surface area contributed by atoms with Gasteiger partial charge in [0.25, 0.3) is 0 Å². The summed E-state index contributed by atoms with van der Waals surface area (Å²) in [5.74, 6) is -0.172. The number of hydrogen-bond donors (Lipinski definition) is 2. The number of ether oxygens (including phenoxy) is 1. The first-order valence-corrected chi connectivity index (χ1v) is 9.96. The van der Waals surface area contributed by atoms with Gasteiger partial charge in [-0.3, -0.25) is 10.1 Å². The molecule has 0 saturated heterocycles. The molecule has 0 saturated carbocycles. The van der Waals surface area contributed by atoms with Crippen molar-refractivity contribution in [2.24, 2.45) is 0 Å². The van der Waals surface area contributed by atoms with E-state index in [1.54, 1.807) is 25.1 Å². The van der Waals surface area contributed by atoms with E-state index in [-0.39, 0.29) is 17.0 Å². The lowest BCUT2D eigenvalue weighted by atomic mass is 9.95. The molecular formula is C19H20N2O4S2. The number of aryl methyl sites for hydroxylation is 1. The molecule has 2 aromatic heterocycles. The summed E-state index contributed by atoms with van der Waals surface area (Å²) in [6.45, 7) is 2.09. The van der Waals surface area contributed by atoms with Gasteiger partial charge in [0.2, 0.25) is 5.91 Å². The first-order valence-electron chi connectivity index (χ1n) is 8.73. The van der Waals surface area contributed by atoms with Crippen LogP contribution in [0, 0.1) is 0 Å². The van der Waals surface area contributed by atoms with Crippen molar-refractivity contribution in [3.05, 3.63) is 46.2 Å². The average molecular weight is 405 g/mol. The lowest BCUT2D eigenvalue weighted by Gasteiger charge is -2.12. The second-order valence-corrected chi connectivity index (χ2v) is 7.44. The zero-order chi connectivity index (χ0) is 19.2. The highest BCUT2D eigenvalue weighted by Gasteiger charge is 2.26. The second-order valence-electron chi connectivity index (χ2n) is 5.93. The van der Waals surface area contributed by atoms with Crippen LogP contribution in [0.1, 0.15) is 46.3 Å². The number of anilines is 1. The number of thiophene rings is 1. The van der Waals surface area contributed by atoms with E-state index < -0.39 is 0 Å². The largest absolute Gasteiger partial charge is 0.465 e. The number of rotatable bonds is 5. The standard InChI is InChI=1S/C19H20N2O4S2/c1-2-24-18(23)16-13-7-3-4-8-14(13)27-17(16)21-19(26)20-15(22)10-9-12-6-5-11-25-12/h5-6,9-11H,2-4,7-8H2,1H3,(H2,20,21,22,26). The second kappa shape index (κ2) is 8.96. The van der Waals surface area contributed by atoms with Gasteiger partial charge in [-0.25, -0.2) is 4.79 Å². The van der Waals surface area contributed by atoms with Gasteiger partial charge in [0, 0.05) is 11.0 Å². The number of carbonyl (C=O) groups excluding carboxylic acids is 2. The quantitative estimate of drug-likeness (QED) is 0.447. The van der Waals surface area contributed by atoms with Crippen molar-refractivity contribution in [2.75, 3.05) is 11.9 Å². The molecule has 0 unspecified atom stereocenters. The van der Waals surface area contributed by atoms with Gasteiger partial charge in [0.1, 0.15) is 10.8 Å². The van der Waals surface area contributed by atoms with Crippen LogP contribution in [0.3, 0.4) is 0 Å². The molecule has 1 aliphatic rings. The summed E-state index contributed by atoms with van der Waals surface area (Å²) in [7, 11) is 0. The third kappa shape index (κ3) is 4.84. The third-order valence-corrected chi connectivity index (χ3v) is 5.47. The Kier molecular flexibility index (Phi) is 6.41. The van der Waals surface area contributed by atoms with E-state index >= 15 is 0 Å². The van der Waals surface area contributed by atoms with Gasteiger partial charge in [-0.1, -0.05) is 0 Å². The van der Waals surface area contributed by atoms with Crippen LogP contribution in [-0.4, -0.2) is 23.6 Å². The number of fused-ring (bicyclic) bond motifs is 1. The van der Waals surface area contributed by atoms with Crippen molar-refractivity contribution in [2.45, 2.75) is 32.6 Å². The van der Waals surface area contributed by atoms with Crippen LogP contribution < -0.4 is 10.6 Å². The molecule has 1 aliphatic carbocycles. The molecule has 0 aromatic carbocycles. The van der Waals surface area contributed by atoms with Gasteiger partial charge in [-0.15, -0.1) is 11.3 Å². The normalized spacial score (nSPS) is 13.2. The predicted molar refractivity (Wildman–Crippen MR) is 109 cm³/mol. The van der Waals surface area contributed by atoms with Crippen molar-refractivity contribution in [3.63, 3.8) is 0 Å². The first kappa shape index (κ1) is 19.3. The summed E-state index contributed by atoms with van der Waals surface area (Å²) >= 11 is 6.73. The number of thiocarbonyl (C=S) groups is 1. The van der Waals surface area contributed by atoms with E-state index in [0.717, 1.165) is 31.2 Å². The maximum absolute atomic E-state index is 12.4. The van der Waals surface area contributed by atoms with Gasteiger partial charge in [0.15, 0.2) is 5.11 Å². The molecule has 2 heterocycles. The van der Waals surface area contributed by atoms with Crippen LogP contribution in [-0.2, 0) is 22.4 Å². The van der Waals surface area contributed by atoms with Gasteiger partial charge in [-0.05, 0) is 68.6 Å². The highest BCUT2D eigenvalue weighted by molar-refractivity contribution is 7.80. The lowest BCUT2D eigenvalue weighted by molar-refractivity contribution is -0.115. The van der Waals surface area contributed by atoms with E-state index in [1.807, 2.05) is 0 Å². The zero-order valence-corrected chi connectivity index (χ0v) is 16.5. The number of amides is 1. The lowest BCUT2D eigenvalue weighted by Crippen LogP contribution is -2.33. The molecule has 0 bridgehead atoms. The monoisotopic (exact) mass is 404 g/mol. The molecular weight excluding hydrogens is 384 g/mol. The van der Waals surface area contributed by atoms with Crippen molar-refractivity contribution >= 4 is 51.6 Å². The summed E-state index contributed by atoms with van der Waals surface area (Å²) in [6, 6.07) is 3.47. The molecule has 2 aromatic rings. The Labute approximate surface area is 166 Å². The third-order valence-electron chi connectivity index (χ3n) is 4.06. The Morgan fingerprint density at radius 2 is 2.19 bits per heavy atom. The summed E-state index contributed by atoms with van der Waals surface area (Å²) in [4.78, 5) is 25.6. The van der Waals surface area contributed by atoms with Gasteiger partial charge < -0.3 is 14.5 Å². The smallest absolute Gasteiger partial charge is 0.341 e. The van der Waals surface area contributed by atoms with Crippen LogP contribution in [0.2, 0.25) is 0 Å². The predicted octanol–water partition coefficient (Wildman–Crippen LogP) is 3.92. The summed E-state index contributed by atoms with van der Waals surface area (Å²) < 4.78 is 10.3. The fourth-order valence-corrected chi connectivity index (χ4v) is 4.45. The van der Waals surface area contributed by atoms with Gasteiger partial charge >= 0.3 is 5.97 Å². The summed E-state index contributed by atoms with van der Waals surface area (Å²) in [5.41, 5.74) is 1.58. The minimum absolute atomic E-state index is 0.133. The molecule has 0 radical (unpaired) electrons. The van der Waals surface area contributed by atoms with Crippen LogP contribution >= 0.6 is 23.6 Å². The van der Waals surface area contributed by atoms with Crippen LogP contribution in [0.4, 0.5) is 5.00 Å². The molecule has 1 amide bonds. The van der Waals surface area contributed by atoms with Crippen molar-refractivity contribution in [1.82, 2.24) is 5.32 Å². The molecule has 3 rings (SSSR count). The Balaban J connectivity index is 1.70. The number of carbonyl (C=O) groups is 2. The Morgan fingerprint density at radius 1 is 1.37 bits per heavy atom. The molecule has 0 atom stereocenters. The average Bonchev–Trinajstić information content (AvgIpc) is 3.27. The molecule has 2 N–H and O–H groups in total. The number of hydrogen-bond acceptors (Lipinski definition) is 6. The van der Waals surface area contributed by atoms with Crippen LogP contribution in [0.5, 0.6) is 0 Å². The maximum atomic E-state index is 12.4. The topological polar surface area (TPSA) is 80.6 Å². The van der Waals surface area contributed by atoms with E-state index in [2.05, 4.69) is 10.6 Å². The zero-order valence-electron chi connectivity index (χ0n) is 14.9. The molecule has 0 aliphatic heterocycles. The fraction of sp³-hybridized carbons (Fsp3) is 0.316. The van der Waals surface area contributed by atoms with E-state index in [1.165, 1.54) is 28.6 Å². The summed E-state index contributed by atoms with van der Waals surface area (Å²) in [5, 5.41) is 6.33. The minimum atomic E-state index is -0.386. The van der Waals surface area contributed by atoms with E-state index in [0.29, 0.717) is 22.9 Å². The number of esters is 1. The molecule has 8 heteroatoms. The summed E-state index contributed by atoms with van der Waals surface area (Å²) in [6.07, 6.45) is 8.36. The van der Waals surface area contributed by atoms with Gasteiger partial charge in [0.05, 0.1) is 18.4 Å². The number of furan rings is 1. The van der Waals surface area contributed by atoms with Crippen molar-refractivity contribution < 1.29 is 18.7 Å². The van der Waals surface area contributed by atoms with Gasteiger partial charge in [-0.2, -0.15) is 0 Å². The van der Waals surface area contributed by atoms with Crippen molar-refractivity contribution in [3.8, 4) is 0 Å². The molecule has 0 fully saturated rings. The molecule has 142 valence electrons. The molecule has 0 spiro atoms. The van der Waals surface area contributed by atoms with E-state index in [9.17, 15) is 9.59 Å².